The van der Waals surface area contributed by atoms with E-state index >= 15 is 0 Å². The molecule has 0 atom stereocenters. The van der Waals surface area contributed by atoms with E-state index in [1.807, 2.05) is 12.1 Å². The molecule has 0 bridgehead atoms. The highest BCUT2D eigenvalue weighted by atomic mass is 35.5. The van der Waals surface area contributed by atoms with Crippen molar-refractivity contribution >= 4 is 29.3 Å². The van der Waals surface area contributed by atoms with Crippen LogP contribution in [0.2, 0.25) is 5.02 Å². The van der Waals surface area contributed by atoms with Crippen LogP contribution in [0.15, 0.2) is 48.5 Å². The Balaban J connectivity index is 1.62. The van der Waals surface area contributed by atoms with E-state index in [1.54, 1.807) is 60.0 Å². The van der Waals surface area contributed by atoms with Crippen molar-refractivity contribution in [2.75, 3.05) is 25.6 Å². The van der Waals surface area contributed by atoms with Crippen molar-refractivity contribution < 1.29 is 19.1 Å². The molecule has 8 nitrogen and oxygen atoms in total. The van der Waals surface area contributed by atoms with Gasteiger partial charge in [0.05, 0.1) is 31.6 Å². The molecule has 166 valence electrons. The molecule has 0 spiro atoms. The number of amides is 2. The number of aromatic nitrogens is 2. The van der Waals surface area contributed by atoms with E-state index in [0.717, 1.165) is 11.4 Å². The Bertz CT molecular complexity index is 1140. The lowest BCUT2D eigenvalue weighted by Gasteiger charge is -2.28. The van der Waals surface area contributed by atoms with Crippen molar-refractivity contribution in [1.82, 2.24) is 14.7 Å². The fourth-order valence-electron chi connectivity index (χ4n) is 3.65. The second-order valence-corrected chi connectivity index (χ2v) is 7.65. The van der Waals surface area contributed by atoms with Crippen LogP contribution in [-0.2, 0) is 17.7 Å². The van der Waals surface area contributed by atoms with E-state index < -0.39 is 5.97 Å². The van der Waals surface area contributed by atoms with Crippen LogP contribution in [0.1, 0.15) is 28.7 Å². The molecule has 2 aromatic carbocycles. The minimum Gasteiger partial charge on any atom is -0.497 e. The van der Waals surface area contributed by atoms with Crippen LogP contribution >= 0.6 is 11.6 Å². The van der Waals surface area contributed by atoms with Crippen LogP contribution in [0, 0.1) is 0 Å². The predicted molar refractivity (Wildman–Crippen MR) is 121 cm³/mol. The maximum absolute atomic E-state index is 12.9. The number of ether oxygens (including phenoxy) is 2. The average molecular weight is 455 g/mol. The molecule has 32 heavy (non-hydrogen) atoms. The Morgan fingerprint density at radius 3 is 2.69 bits per heavy atom. The average Bonchev–Trinajstić information content (AvgIpc) is 3.19. The third kappa shape index (κ3) is 4.40. The van der Waals surface area contributed by atoms with Crippen LogP contribution in [-0.4, -0.2) is 46.9 Å². The molecule has 0 saturated heterocycles. The first-order chi connectivity index (χ1) is 15.5. The minimum absolute atomic E-state index is 0.218. The molecule has 0 radical (unpaired) electrons. The number of nitrogens with one attached hydrogen (secondary N) is 1. The van der Waals surface area contributed by atoms with Crippen molar-refractivity contribution in [3.63, 3.8) is 0 Å². The predicted octanol–water partition coefficient (Wildman–Crippen LogP) is 4.30. The summed E-state index contributed by atoms with van der Waals surface area (Å²) in [6.45, 7) is 2.70. The number of hydrogen-bond donors (Lipinski definition) is 1. The maximum Gasteiger partial charge on any atom is 0.359 e. The van der Waals surface area contributed by atoms with Crippen molar-refractivity contribution in [3.05, 3.63) is 70.5 Å². The number of carbonyl (C=O) groups is 2. The van der Waals surface area contributed by atoms with Crippen molar-refractivity contribution in [1.29, 1.82) is 0 Å². The first kappa shape index (κ1) is 21.7. The van der Waals surface area contributed by atoms with Gasteiger partial charge in [0, 0.05) is 35.3 Å². The quantitative estimate of drug-likeness (QED) is 0.581. The Kier molecular flexibility index (Phi) is 6.32. The second kappa shape index (κ2) is 9.32. The normalized spacial score (nSPS) is 12.8. The number of anilines is 1. The number of carbonyl (C=O) groups excluding carboxylic acids is 2. The molecule has 2 heterocycles. The third-order valence-corrected chi connectivity index (χ3v) is 5.46. The zero-order valence-electron chi connectivity index (χ0n) is 17.8. The van der Waals surface area contributed by atoms with E-state index in [2.05, 4.69) is 10.4 Å². The number of nitrogens with zero attached hydrogens (tertiary/aromatic N) is 3. The number of esters is 1. The molecule has 1 aliphatic heterocycles. The topological polar surface area (TPSA) is 85.7 Å². The number of rotatable bonds is 5. The highest BCUT2D eigenvalue weighted by Crippen LogP contribution is 2.27. The van der Waals surface area contributed by atoms with Gasteiger partial charge in [-0.1, -0.05) is 17.7 Å². The van der Waals surface area contributed by atoms with Crippen molar-refractivity contribution in [2.45, 2.75) is 19.9 Å². The van der Waals surface area contributed by atoms with Gasteiger partial charge < -0.3 is 19.7 Å². The van der Waals surface area contributed by atoms with Gasteiger partial charge in [-0.25, -0.2) is 14.3 Å². The maximum atomic E-state index is 12.9. The van der Waals surface area contributed by atoms with E-state index in [1.165, 1.54) is 0 Å². The summed E-state index contributed by atoms with van der Waals surface area (Å²) in [5.41, 5.74) is 3.19. The Morgan fingerprint density at radius 1 is 1.19 bits per heavy atom. The summed E-state index contributed by atoms with van der Waals surface area (Å²) in [6, 6.07) is 14.1. The molecular formula is C23H23ClN4O4. The summed E-state index contributed by atoms with van der Waals surface area (Å²) in [5.74, 6) is 0.143. The summed E-state index contributed by atoms with van der Waals surface area (Å²) >= 11 is 6.02. The van der Waals surface area contributed by atoms with Gasteiger partial charge in [-0.15, -0.1) is 0 Å². The van der Waals surface area contributed by atoms with Crippen LogP contribution in [0.4, 0.5) is 10.5 Å². The number of methoxy groups -OCH3 is 1. The van der Waals surface area contributed by atoms with Gasteiger partial charge in [0.2, 0.25) is 0 Å². The van der Waals surface area contributed by atoms with Crippen LogP contribution in [0.25, 0.3) is 5.69 Å². The van der Waals surface area contributed by atoms with Crippen molar-refractivity contribution in [2.24, 2.45) is 0 Å². The smallest absolute Gasteiger partial charge is 0.359 e. The number of halogens is 1. The number of hydrogen-bond acceptors (Lipinski definition) is 5. The summed E-state index contributed by atoms with van der Waals surface area (Å²) in [4.78, 5) is 27.2. The fraction of sp³-hybridized carbons (Fsp3) is 0.261. The number of benzene rings is 2. The van der Waals surface area contributed by atoms with E-state index in [9.17, 15) is 9.59 Å². The second-order valence-electron chi connectivity index (χ2n) is 7.22. The summed E-state index contributed by atoms with van der Waals surface area (Å²) in [7, 11) is 1.57. The summed E-state index contributed by atoms with van der Waals surface area (Å²) < 4.78 is 12.2. The molecule has 3 aromatic rings. The van der Waals surface area contributed by atoms with Gasteiger partial charge in [-0.05, 0) is 43.3 Å². The molecule has 1 aromatic heterocycles. The van der Waals surface area contributed by atoms with Crippen LogP contribution in [0.5, 0.6) is 5.75 Å². The lowest BCUT2D eigenvalue weighted by Crippen LogP contribution is -2.39. The lowest BCUT2D eigenvalue weighted by molar-refractivity contribution is 0.0516. The van der Waals surface area contributed by atoms with E-state index in [0.29, 0.717) is 35.0 Å². The van der Waals surface area contributed by atoms with Gasteiger partial charge in [-0.2, -0.15) is 5.10 Å². The highest BCUT2D eigenvalue weighted by Gasteiger charge is 2.31. The molecule has 1 N–H and O–H groups in total. The zero-order chi connectivity index (χ0) is 22.7. The SMILES string of the molecule is CCOC(=O)c1nn(-c2ccc(Cl)cc2)c2c1CN(C(=O)Nc1cccc(OC)c1)CC2. The lowest BCUT2D eigenvalue weighted by atomic mass is 10.0. The summed E-state index contributed by atoms with van der Waals surface area (Å²) in [6.07, 6.45) is 0.538. The minimum atomic E-state index is -0.508. The van der Waals surface area contributed by atoms with Gasteiger partial charge in [0.1, 0.15) is 5.75 Å². The zero-order valence-corrected chi connectivity index (χ0v) is 18.6. The molecule has 0 saturated carbocycles. The van der Waals surface area contributed by atoms with Gasteiger partial charge in [0.15, 0.2) is 5.69 Å². The molecule has 4 rings (SSSR count). The van der Waals surface area contributed by atoms with Gasteiger partial charge in [0.25, 0.3) is 0 Å². The van der Waals surface area contributed by atoms with E-state index in [4.69, 9.17) is 21.1 Å². The number of fused-ring (bicyclic) bond motifs is 1. The Hall–Kier alpha value is -3.52. The van der Waals surface area contributed by atoms with Gasteiger partial charge in [-0.3, -0.25) is 0 Å². The molecule has 9 heteroatoms. The Labute approximate surface area is 190 Å². The van der Waals surface area contributed by atoms with Gasteiger partial charge >= 0.3 is 12.0 Å². The van der Waals surface area contributed by atoms with Crippen LogP contribution < -0.4 is 10.1 Å². The monoisotopic (exact) mass is 454 g/mol. The standard InChI is InChI=1S/C23H23ClN4O4/c1-3-32-22(29)21-19-14-27(23(30)25-16-5-4-6-18(13-16)31-2)12-11-20(19)28(26-21)17-9-7-15(24)8-10-17/h4-10,13H,3,11-12,14H2,1-2H3,(H,25,30). The molecule has 0 unspecified atom stereocenters. The molecule has 0 fully saturated rings. The first-order valence-corrected chi connectivity index (χ1v) is 10.6. The van der Waals surface area contributed by atoms with Crippen molar-refractivity contribution in [3.8, 4) is 11.4 Å². The molecular weight excluding hydrogens is 432 g/mol. The molecule has 1 aliphatic rings. The molecule has 2 amide bonds. The largest absolute Gasteiger partial charge is 0.497 e. The third-order valence-electron chi connectivity index (χ3n) is 5.21. The number of urea groups is 1. The van der Waals surface area contributed by atoms with E-state index in [-0.39, 0.29) is 24.9 Å². The molecule has 0 aliphatic carbocycles. The highest BCUT2D eigenvalue weighted by molar-refractivity contribution is 6.30. The first-order valence-electron chi connectivity index (χ1n) is 10.2. The Morgan fingerprint density at radius 2 is 1.97 bits per heavy atom. The summed E-state index contributed by atoms with van der Waals surface area (Å²) in [5, 5.41) is 8.03. The van der Waals surface area contributed by atoms with Crippen LogP contribution in [0.3, 0.4) is 0 Å². The fourth-order valence-corrected chi connectivity index (χ4v) is 3.78.